The lowest BCUT2D eigenvalue weighted by atomic mass is 10.2. The largest absolute Gasteiger partial charge is 0.459 e. The summed E-state index contributed by atoms with van der Waals surface area (Å²) in [7, 11) is 1.70. The molecule has 0 radical (unpaired) electrons. The van der Waals surface area contributed by atoms with Gasteiger partial charge in [-0.15, -0.1) is 0 Å². The first kappa shape index (κ1) is 11.2. The summed E-state index contributed by atoms with van der Waals surface area (Å²) in [4.78, 5) is 0. The number of hydrogen-bond acceptors (Lipinski definition) is 3. The lowest BCUT2D eigenvalue weighted by Crippen LogP contribution is -2.22. The van der Waals surface area contributed by atoms with Crippen molar-refractivity contribution in [3.63, 3.8) is 0 Å². The van der Waals surface area contributed by atoms with Crippen molar-refractivity contribution in [2.75, 3.05) is 20.3 Å². The van der Waals surface area contributed by atoms with Gasteiger partial charge in [0.25, 0.3) is 0 Å². The van der Waals surface area contributed by atoms with Crippen LogP contribution in [0.1, 0.15) is 18.7 Å². The second kappa shape index (κ2) is 5.14. The Kier molecular flexibility index (Phi) is 3.59. The molecule has 3 heteroatoms. The zero-order valence-electron chi connectivity index (χ0n) is 9.69. The number of furan rings is 1. The van der Waals surface area contributed by atoms with Crippen LogP contribution in [0.2, 0.25) is 0 Å². The monoisotopic (exact) mass is 219 g/mol. The highest BCUT2D eigenvalue weighted by Crippen LogP contribution is 2.23. The topological polar surface area (TPSA) is 34.4 Å². The Morgan fingerprint density at radius 1 is 1.38 bits per heavy atom. The summed E-state index contributed by atoms with van der Waals surface area (Å²) in [6.07, 6.45) is 0. The van der Waals surface area contributed by atoms with E-state index in [1.54, 1.807) is 7.11 Å². The highest BCUT2D eigenvalue weighted by molar-refractivity contribution is 5.77. The van der Waals surface area contributed by atoms with E-state index in [-0.39, 0.29) is 6.04 Å². The summed E-state index contributed by atoms with van der Waals surface area (Å²) in [6, 6.07) is 10.3. The molecule has 2 rings (SSSR count). The molecule has 1 unspecified atom stereocenters. The molecule has 0 aliphatic rings. The summed E-state index contributed by atoms with van der Waals surface area (Å²) < 4.78 is 10.8. The first-order chi connectivity index (χ1) is 7.81. The smallest absolute Gasteiger partial charge is 0.134 e. The average molecular weight is 219 g/mol. The van der Waals surface area contributed by atoms with E-state index in [1.165, 1.54) is 0 Å². The Morgan fingerprint density at radius 3 is 2.94 bits per heavy atom. The SMILES string of the molecule is COCCNC(C)c1cc2ccccc2o1. The third-order valence-electron chi connectivity index (χ3n) is 2.63. The minimum Gasteiger partial charge on any atom is -0.459 e. The molecule has 1 aromatic heterocycles. The predicted octanol–water partition coefficient (Wildman–Crippen LogP) is 2.73. The molecule has 3 nitrogen and oxygen atoms in total. The lowest BCUT2D eigenvalue weighted by Gasteiger charge is -2.09. The van der Waals surface area contributed by atoms with Crippen LogP contribution >= 0.6 is 0 Å². The Balaban J connectivity index is 2.07. The second-order valence-electron chi connectivity index (χ2n) is 3.86. The van der Waals surface area contributed by atoms with E-state index in [9.17, 15) is 0 Å². The summed E-state index contributed by atoms with van der Waals surface area (Å²) in [5, 5.41) is 4.49. The van der Waals surface area contributed by atoms with E-state index < -0.39 is 0 Å². The number of para-hydroxylation sites is 1. The molecular weight excluding hydrogens is 202 g/mol. The molecule has 1 atom stereocenters. The zero-order chi connectivity index (χ0) is 11.4. The van der Waals surface area contributed by atoms with Crippen molar-refractivity contribution < 1.29 is 9.15 Å². The molecule has 0 spiro atoms. The highest BCUT2D eigenvalue weighted by Gasteiger charge is 2.09. The van der Waals surface area contributed by atoms with Gasteiger partial charge in [0.15, 0.2) is 0 Å². The van der Waals surface area contributed by atoms with E-state index in [0.29, 0.717) is 6.61 Å². The molecule has 86 valence electrons. The predicted molar refractivity (Wildman–Crippen MR) is 64.5 cm³/mol. The van der Waals surface area contributed by atoms with Crippen molar-refractivity contribution in [2.45, 2.75) is 13.0 Å². The van der Waals surface area contributed by atoms with E-state index in [2.05, 4.69) is 24.4 Å². The number of hydrogen-bond donors (Lipinski definition) is 1. The van der Waals surface area contributed by atoms with Gasteiger partial charge < -0.3 is 14.5 Å². The fourth-order valence-electron chi connectivity index (χ4n) is 1.69. The van der Waals surface area contributed by atoms with Crippen molar-refractivity contribution >= 4 is 11.0 Å². The van der Waals surface area contributed by atoms with Crippen LogP contribution in [-0.2, 0) is 4.74 Å². The van der Waals surface area contributed by atoms with Crippen molar-refractivity contribution in [3.05, 3.63) is 36.1 Å². The second-order valence-corrected chi connectivity index (χ2v) is 3.86. The minimum absolute atomic E-state index is 0.211. The van der Waals surface area contributed by atoms with Gasteiger partial charge in [0.1, 0.15) is 11.3 Å². The lowest BCUT2D eigenvalue weighted by molar-refractivity contribution is 0.195. The fraction of sp³-hybridized carbons (Fsp3) is 0.385. The minimum atomic E-state index is 0.211. The quantitative estimate of drug-likeness (QED) is 0.785. The molecule has 0 aliphatic heterocycles. The van der Waals surface area contributed by atoms with Gasteiger partial charge in [-0.25, -0.2) is 0 Å². The van der Waals surface area contributed by atoms with E-state index in [1.807, 2.05) is 18.2 Å². The van der Waals surface area contributed by atoms with Gasteiger partial charge in [-0.05, 0) is 19.1 Å². The van der Waals surface area contributed by atoms with Gasteiger partial charge in [0, 0.05) is 19.0 Å². The summed E-state index contributed by atoms with van der Waals surface area (Å²) in [6.45, 7) is 3.63. The van der Waals surface area contributed by atoms with Gasteiger partial charge >= 0.3 is 0 Å². The molecule has 0 saturated carbocycles. The van der Waals surface area contributed by atoms with Gasteiger partial charge in [-0.1, -0.05) is 18.2 Å². The van der Waals surface area contributed by atoms with Crippen molar-refractivity contribution in [1.82, 2.24) is 5.32 Å². The van der Waals surface area contributed by atoms with Crippen LogP contribution in [0.4, 0.5) is 0 Å². The van der Waals surface area contributed by atoms with Crippen LogP contribution in [0.25, 0.3) is 11.0 Å². The van der Waals surface area contributed by atoms with Crippen LogP contribution in [-0.4, -0.2) is 20.3 Å². The summed E-state index contributed by atoms with van der Waals surface area (Å²) in [5.74, 6) is 0.970. The number of rotatable bonds is 5. The number of ether oxygens (including phenoxy) is 1. The van der Waals surface area contributed by atoms with E-state index in [0.717, 1.165) is 23.3 Å². The first-order valence-electron chi connectivity index (χ1n) is 5.52. The van der Waals surface area contributed by atoms with Crippen LogP contribution in [0.3, 0.4) is 0 Å². The van der Waals surface area contributed by atoms with Crippen molar-refractivity contribution in [2.24, 2.45) is 0 Å². The molecule has 16 heavy (non-hydrogen) atoms. The van der Waals surface area contributed by atoms with Gasteiger partial charge in [-0.3, -0.25) is 0 Å². The normalized spacial score (nSPS) is 13.1. The van der Waals surface area contributed by atoms with Gasteiger partial charge in [-0.2, -0.15) is 0 Å². The molecule has 1 aromatic carbocycles. The Labute approximate surface area is 95.4 Å². The van der Waals surface area contributed by atoms with Gasteiger partial charge in [0.05, 0.1) is 12.6 Å². The maximum atomic E-state index is 5.76. The highest BCUT2D eigenvalue weighted by atomic mass is 16.5. The molecule has 0 aliphatic carbocycles. The Morgan fingerprint density at radius 2 is 2.19 bits per heavy atom. The molecule has 1 N–H and O–H groups in total. The Bertz CT molecular complexity index is 417. The maximum Gasteiger partial charge on any atom is 0.134 e. The first-order valence-corrected chi connectivity index (χ1v) is 5.52. The molecule has 0 bridgehead atoms. The summed E-state index contributed by atoms with van der Waals surface area (Å²) >= 11 is 0. The summed E-state index contributed by atoms with van der Waals surface area (Å²) in [5.41, 5.74) is 0.942. The number of nitrogens with one attached hydrogen (secondary N) is 1. The molecule has 1 heterocycles. The zero-order valence-corrected chi connectivity index (χ0v) is 9.69. The van der Waals surface area contributed by atoms with Crippen LogP contribution in [0, 0.1) is 0 Å². The fourth-order valence-corrected chi connectivity index (χ4v) is 1.69. The molecule has 0 fully saturated rings. The Hall–Kier alpha value is -1.32. The third kappa shape index (κ3) is 2.43. The van der Waals surface area contributed by atoms with Crippen LogP contribution in [0.15, 0.2) is 34.7 Å². The number of fused-ring (bicyclic) bond motifs is 1. The third-order valence-corrected chi connectivity index (χ3v) is 2.63. The van der Waals surface area contributed by atoms with Gasteiger partial charge in [0.2, 0.25) is 0 Å². The van der Waals surface area contributed by atoms with Crippen LogP contribution in [0.5, 0.6) is 0 Å². The molecule has 2 aromatic rings. The average Bonchev–Trinajstić information content (AvgIpc) is 2.73. The number of benzene rings is 1. The maximum absolute atomic E-state index is 5.76. The van der Waals surface area contributed by atoms with E-state index >= 15 is 0 Å². The molecular formula is C13H17NO2. The van der Waals surface area contributed by atoms with E-state index in [4.69, 9.17) is 9.15 Å². The van der Waals surface area contributed by atoms with Crippen molar-refractivity contribution in [3.8, 4) is 0 Å². The van der Waals surface area contributed by atoms with Crippen molar-refractivity contribution in [1.29, 1.82) is 0 Å². The standard InChI is InChI=1S/C13H17NO2/c1-10(14-7-8-15-2)13-9-11-5-3-4-6-12(11)16-13/h3-6,9-10,14H,7-8H2,1-2H3. The molecule has 0 amide bonds. The van der Waals surface area contributed by atoms with Crippen LogP contribution < -0.4 is 5.32 Å². The molecule has 0 saturated heterocycles. The number of methoxy groups -OCH3 is 1.